The zero-order valence-corrected chi connectivity index (χ0v) is 22.1. The van der Waals surface area contributed by atoms with Crippen LogP contribution in [0.15, 0.2) is 103 Å². The lowest BCUT2D eigenvalue weighted by atomic mass is 9.99. The first-order chi connectivity index (χ1) is 19.0. The highest BCUT2D eigenvalue weighted by atomic mass is 16.3. The van der Waals surface area contributed by atoms with Gasteiger partial charge in [-0.15, -0.1) is 0 Å². The molecule has 1 aliphatic rings. The van der Waals surface area contributed by atoms with Crippen LogP contribution in [0, 0.1) is 6.92 Å². The Balaban J connectivity index is 1.19. The van der Waals surface area contributed by atoms with Crippen LogP contribution in [-0.2, 0) is 4.79 Å². The van der Waals surface area contributed by atoms with Crippen LogP contribution < -0.4 is 10.2 Å². The molecule has 4 aromatic rings. The number of piperidine rings is 1. The smallest absolute Gasteiger partial charge is 0.238 e. The minimum atomic E-state index is -0.0768. The second-order valence-electron chi connectivity index (χ2n) is 9.97. The number of phenolic OH excluding ortho intramolecular Hbond substituents is 1. The summed E-state index contributed by atoms with van der Waals surface area (Å²) < 4.78 is 0. The quantitative estimate of drug-likeness (QED) is 0.272. The number of rotatable bonds is 8. The summed E-state index contributed by atoms with van der Waals surface area (Å²) in [6.45, 7) is 3.95. The molecule has 39 heavy (non-hydrogen) atoms. The molecule has 0 spiro atoms. The number of ketones is 1. The molecule has 0 saturated carbocycles. The Hall–Kier alpha value is -4.42. The van der Waals surface area contributed by atoms with Gasteiger partial charge in [0.15, 0.2) is 5.78 Å². The molecule has 1 fully saturated rings. The van der Waals surface area contributed by atoms with E-state index >= 15 is 0 Å². The Morgan fingerprint density at radius 1 is 0.795 bits per heavy atom. The summed E-state index contributed by atoms with van der Waals surface area (Å²) in [6, 6.07) is 32.1. The number of anilines is 3. The van der Waals surface area contributed by atoms with Crippen molar-refractivity contribution in [3.05, 3.63) is 120 Å². The van der Waals surface area contributed by atoms with Crippen LogP contribution in [-0.4, -0.2) is 47.4 Å². The molecule has 1 amide bonds. The molecule has 4 aromatic carbocycles. The molecule has 6 heteroatoms. The van der Waals surface area contributed by atoms with Gasteiger partial charge in [0.1, 0.15) is 5.75 Å². The lowest BCUT2D eigenvalue weighted by Crippen LogP contribution is -2.45. The predicted octanol–water partition coefficient (Wildman–Crippen LogP) is 6.17. The molecule has 0 aromatic heterocycles. The van der Waals surface area contributed by atoms with Gasteiger partial charge in [0.05, 0.1) is 12.2 Å². The van der Waals surface area contributed by atoms with E-state index in [-0.39, 0.29) is 23.5 Å². The maximum atomic E-state index is 12.8. The molecular weight excluding hydrogens is 486 g/mol. The van der Waals surface area contributed by atoms with Gasteiger partial charge >= 0.3 is 0 Å². The van der Waals surface area contributed by atoms with Crippen LogP contribution in [0.3, 0.4) is 0 Å². The second-order valence-corrected chi connectivity index (χ2v) is 9.97. The maximum absolute atomic E-state index is 12.8. The number of hydrogen-bond donors (Lipinski definition) is 2. The summed E-state index contributed by atoms with van der Waals surface area (Å²) in [4.78, 5) is 29.8. The van der Waals surface area contributed by atoms with Crippen molar-refractivity contribution in [1.82, 2.24) is 4.90 Å². The Morgan fingerprint density at radius 3 is 2.05 bits per heavy atom. The van der Waals surface area contributed by atoms with Gasteiger partial charge < -0.3 is 15.3 Å². The number of nitrogens with one attached hydrogen (secondary N) is 1. The minimum absolute atomic E-state index is 0.0418. The number of hydrogen-bond acceptors (Lipinski definition) is 5. The fourth-order valence-corrected chi connectivity index (χ4v) is 5.23. The van der Waals surface area contributed by atoms with E-state index in [4.69, 9.17) is 0 Å². The van der Waals surface area contributed by atoms with Crippen molar-refractivity contribution in [3.8, 4) is 5.75 Å². The van der Waals surface area contributed by atoms with Crippen molar-refractivity contribution in [1.29, 1.82) is 0 Å². The Bertz CT molecular complexity index is 1380. The summed E-state index contributed by atoms with van der Waals surface area (Å²) in [7, 11) is 0. The van der Waals surface area contributed by atoms with Crippen LogP contribution in [0.1, 0.15) is 34.3 Å². The monoisotopic (exact) mass is 519 g/mol. The van der Waals surface area contributed by atoms with E-state index in [1.54, 1.807) is 42.5 Å². The molecule has 0 bridgehead atoms. The van der Waals surface area contributed by atoms with Gasteiger partial charge in [0, 0.05) is 41.6 Å². The molecule has 0 radical (unpaired) electrons. The normalized spacial score (nSPS) is 14.1. The first-order valence-corrected chi connectivity index (χ1v) is 13.3. The third-order valence-corrected chi connectivity index (χ3v) is 7.27. The molecule has 5 rings (SSSR count). The van der Waals surface area contributed by atoms with E-state index in [2.05, 4.69) is 34.2 Å². The van der Waals surface area contributed by atoms with Gasteiger partial charge in [0.2, 0.25) is 5.91 Å². The lowest BCUT2D eigenvalue weighted by Gasteiger charge is -2.40. The molecule has 6 nitrogen and oxygen atoms in total. The largest absolute Gasteiger partial charge is 0.506 e. The molecule has 1 aliphatic heterocycles. The number of para-hydroxylation sites is 3. The van der Waals surface area contributed by atoms with Gasteiger partial charge in [-0.3, -0.25) is 14.5 Å². The molecule has 0 atom stereocenters. The Morgan fingerprint density at radius 2 is 1.38 bits per heavy atom. The zero-order chi connectivity index (χ0) is 27.2. The van der Waals surface area contributed by atoms with E-state index in [0.29, 0.717) is 23.4 Å². The van der Waals surface area contributed by atoms with E-state index in [9.17, 15) is 14.7 Å². The number of nitrogens with zero attached hydrogens (tertiary/aromatic N) is 2. The second kappa shape index (κ2) is 12.0. The van der Waals surface area contributed by atoms with E-state index < -0.39 is 0 Å². The van der Waals surface area contributed by atoms with Crippen molar-refractivity contribution < 1.29 is 14.7 Å². The molecule has 2 N–H and O–H groups in total. The number of likely N-dealkylation sites (tertiary alicyclic amines) is 1. The number of amides is 1. The third kappa shape index (κ3) is 6.19. The molecular formula is C33H33N3O3. The highest BCUT2D eigenvalue weighted by Gasteiger charge is 2.29. The van der Waals surface area contributed by atoms with Gasteiger partial charge in [-0.2, -0.15) is 0 Å². The average molecular weight is 520 g/mol. The lowest BCUT2D eigenvalue weighted by molar-refractivity contribution is -0.117. The van der Waals surface area contributed by atoms with Gasteiger partial charge in [0.25, 0.3) is 0 Å². The highest BCUT2D eigenvalue weighted by molar-refractivity contribution is 6.09. The molecule has 0 unspecified atom stereocenters. The first kappa shape index (κ1) is 26.2. The minimum Gasteiger partial charge on any atom is -0.506 e. The van der Waals surface area contributed by atoms with Crippen LogP contribution in [0.2, 0.25) is 0 Å². The molecule has 0 aliphatic carbocycles. The van der Waals surface area contributed by atoms with Crippen LogP contribution in [0.4, 0.5) is 17.1 Å². The van der Waals surface area contributed by atoms with Crippen molar-refractivity contribution in [2.24, 2.45) is 0 Å². The van der Waals surface area contributed by atoms with E-state index in [1.165, 1.54) is 0 Å². The fraction of sp³-hybridized carbons (Fsp3) is 0.212. The van der Waals surface area contributed by atoms with Crippen LogP contribution >= 0.6 is 0 Å². The standard InChI is InChI=1S/C33H33N3O3/c1-24-9-5-6-12-29(24)36(30-13-7-8-14-31(30)37)28-19-21-35(22-20-28)23-32(38)34-27-17-15-26(16-18-27)33(39)25-10-3-2-4-11-25/h2-18,28,37H,19-23H2,1H3,(H,34,38). The number of aryl methyl sites for hydroxylation is 1. The zero-order valence-electron chi connectivity index (χ0n) is 22.1. The molecule has 1 saturated heterocycles. The number of carbonyl (C=O) groups excluding carboxylic acids is 2. The average Bonchev–Trinajstić information content (AvgIpc) is 2.96. The van der Waals surface area contributed by atoms with Crippen molar-refractivity contribution >= 4 is 28.8 Å². The Kier molecular flexibility index (Phi) is 8.04. The highest BCUT2D eigenvalue weighted by Crippen LogP contribution is 2.38. The summed E-state index contributed by atoms with van der Waals surface area (Å²) in [5, 5.41) is 13.6. The van der Waals surface area contributed by atoms with Gasteiger partial charge in [-0.1, -0.05) is 60.7 Å². The van der Waals surface area contributed by atoms with Crippen LogP contribution in [0.25, 0.3) is 0 Å². The number of aromatic hydroxyl groups is 1. The summed E-state index contributed by atoms with van der Waals surface area (Å²) in [6.07, 6.45) is 1.73. The van der Waals surface area contributed by atoms with Gasteiger partial charge in [-0.25, -0.2) is 0 Å². The first-order valence-electron chi connectivity index (χ1n) is 13.3. The SMILES string of the molecule is Cc1ccccc1N(c1ccccc1O)C1CCN(CC(=O)Nc2ccc(C(=O)c3ccccc3)cc2)CC1. The fourth-order valence-electron chi connectivity index (χ4n) is 5.23. The van der Waals surface area contributed by atoms with Crippen molar-refractivity contribution in [3.63, 3.8) is 0 Å². The predicted molar refractivity (Wildman–Crippen MR) is 156 cm³/mol. The number of benzene rings is 4. The van der Waals surface area contributed by atoms with E-state index in [0.717, 1.165) is 42.9 Å². The van der Waals surface area contributed by atoms with Crippen LogP contribution in [0.5, 0.6) is 5.75 Å². The maximum Gasteiger partial charge on any atom is 0.238 e. The summed E-state index contributed by atoms with van der Waals surface area (Å²) in [5.41, 5.74) is 4.94. The van der Waals surface area contributed by atoms with Crippen molar-refractivity contribution in [2.45, 2.75) is 25.8 Å². The third-order valence-electron chi connectivity index (χ3n) is 7.27. The summed E-state index contributed by atoms with van der Waals surface area (Å²) >= 11 is 0. The molecule has 1 heterocycles. The Labute approximate surface area is 229 Å². The topological polar surface area (TPSA) is 72.9 Å². The van der Waals surface area contributed by atoms with Gasteiger partial charge in [-0.05, 0) is 67.8 Å². The van der Waals surface area contributed by atoms with E-state index in [1.807, 2.05) is 48.5 Å². The number of phenols is 1. The van der Waals surface area contributed by atoms with Crippen molar-refractivity contribution in [2.75, 3.05) is 29.9 Å². The summed E-state index contributed by atoms with van der Waals surface area (Å²) in [5.74, 6) is 0.144. The molecule has 198 valence electrons. The number of carbonyl (C=O) groups is 2.